The molecule has 0 atom stereocenters. The second kappa shape index (κ2) is 5.24. The molecule has 18 heavy (non-hydrogen) atoms. The van der Waals surface area contributed by atoms with Crippen molar-refractivity contribution >= 4 is 15.9 Å². The van der Waals surface area contributed by atoms with Gasteiger partial charge in [-0.25, -0.2) is 0 Å². The summed E-state index contributed by atoms with van der Waals surface area (Å²) in [7, 11) is 1.93. The van der Waals surface area contributed by atoms with Crippen LogP contribution in [0.1, 0.15) is 25.0 Å². The molecule has 2 rings (SSSR count). The standard InChI is InChI=1S/C14H18BrN3/c1-14(2,12-4-6-13(15)7-5-12)16-8-11-9-17-18(3)10-11/h4-7,9-10,16H,8H2,1-3H3. The van der Waals surface area contributed by atoms with E-state index < -0.39 is 0 Å². The fourth-order valence-electron chi connectivity index (χ4n) is 1.85. The summed E-state index contributed by atoms with van der Waals surface area (Å²) in [5, 5.41) is 7.73. The van der Waals surface area contributed by atoms with Crippen molar-refractivity contribution in [3.8, 4) is 0 Å². The minimum Gasteiger partial charge on any atom is -0.304 e. The molecule has 0 saturated carbocycles. The van der Waals surface area contributed by atoms with Crippen LogP contribution in [0.2, 0.25) is 0 Å². The van der Waals surface area contributed by atoms with Crippen LogP contribution in [0.25, 0.3) is 0 Å². The third kappa shape index (κ3) is 3.21. The third-order valence-electron chi connectivity index (χ3n) is 3.06. The number of aryl methyl sites for hydroxylation is 1. The van der Waals surface area contributed by atoms with Crippen molar-refractivity contribution < 1.29 is 0 Å². The van der Waals surface area contributed by atoms with Gasteiger partial charge in [-0.05, 0) is 31.5 Å². The number of nitrogens with one attached hydrogen (secondary N) is 1. The summed E-state index contributed by atoms with van der Waals surface area (Å²) < 4.78 is 2.93. The lowest BCUT2D eigenvalue weighted by molar-refractivity contribution is 0.401. The Morgan fingerprint density at radius 1 is 1.28 bits per heavy atom. The van der Waals surface area contributed by atoms with Gasteiger partial charge in [-0.2, -0.15) is 5.10 Å². The molecule has 0 fully saturated rings. The van der Waals surface area contributed by atoms with E-state index in [2.05, 4.69) is 64.5 Å². The second-order valence-corrected chi connectivity index (χ2v) is 5.92. The summed E-state index contributed by atoms with van der Waals surface area (Å²) in [6.45, 7) is 5.19. The van der Waals surface area contributed by atoms with Gasteiger partial charge in [0.05, 0.1) is 6.20 Å². The van der Waals surface area contributed by atoms with Gasteiger partial charge < -0.3 is 5.32 Å². The van der Waals surface area contributed by atoms with Crippen molar-refractivity contribution in [1.29, 1.82) is 0 Å². The summed E-state index contributed by atoms with van der Waals surface area (Å²) >= 11 is 3.46. The van der Waals surface area contributed by atoms with Gasteiger partial charge in [0.15, 0.2) is 0 Å². The summed E-state index contributed by atoms with van der Waals surface area (Å²) in [5.74, 6) is 0. The molecule has 1 aromatic heterocycles. The number of rotatable bonds is 4. The summed E-state index contributed by atoms with van der Waals surface area (Å²) in [6.07, 6.45) is 3.93. The molecule has 0 aliphatic rings. The van der Waals surface area contributed by atoms with Gasteiger partial charge in [0.25, 0.3) is 0 Å². The van der Waals surface area contributed by atoms with Crippen LogP contribution in [0.4, 0.5) is 0 Å². The maximum absolute atomic E-state index is 4.17. The van der Waals surface area contributed by atoms with Gasteiger partial charge in [0.1, 0.15) is 0 Å². The molecule has 0 unspecified atom stereocenters. The van der Waals surface area contributed by atoms with Crippen molar-refractivity contribution in [1.82, 2.24) is 15.1 Å². The topological polar surface area (TPSA) is 29.9 Å². The van der Waals surface area contributed by atoms with Crippen molar-refractivity contribution in [2.75, 3.05) is 0 Å². The predicted octanol–water partition coefficient (Wildman–Crippen LogP) is 3.21. The van der Waals surface area contributed by atoms with Crippen LogP contribution >= 0.6 is 15.9 Å². The monoisotopic (exact) mass is 307 g/mol. The average molecular weight is 308 g/mol. The Morgan fingerprint density at radius 3 is 2.50 bits per heavy atom. The average Bonchev–Trinajstić information content (AvgIpc) is 2.73. The Kier molecular flexibility index (Phi) is 3.88. The van der Waals surface area contributed by atoms with Gasteiger partial charge in [0, 0.05) is 35.4 Å². The van der Waals surface area contributed by atoms with Gasteiger partial charge in [0.2, 0.25) is 0 Å². The van der Waals surface area contributed by atoms with E-state index in [4.69, 9.17) is 0 Å². The lowest BCUT2D eigenvalue weighted by Gasteiger charge is -2.27. The molecule has 0 aliphatic carbocycles. The third-order valence-corrected chi connectivity index (χ3v) is 3.59. The number of aromatic nitrogens is 2. The molecule has 1 heterocycles. The van der Waals surface area contributed by atoms with Gasteiger partial charge in [-0.1, -0.05) is 28.1 Å². The van der Waals surface area contributed by atoms with Crippen LogP contribution in [-0.2, 0) is 19.1 Å². The fraction of sp³-hybridized carbons (Fsp3) is 0.357. The molecule has 1 N–H and O–H groups in total. The molecule has 3 nitrogen and oxygen atoms in total. The van der Waals surface area contributed by atoms with Gasteiger partial charge in [-0.15, -0.1) is 0 Å². The number of hydrogen-bond donors (Lipinski definition) is 1. The molecule has 2 aromatic rings. The molecule has 0 bridgehead atoms. The highest BCUT2D eigenvalue weighted by atomic mass is 79.9. The number of benzene rings is 1. The highest BCUT2D eigenvalue weighted by Crippen LogP contribution is 2.22. The van der Waals surface area contributed by atoms with E-state index in [1.54, 1.807) is 0 Å². The first kappa shape index (κ1) is 13.3. The van der Waals surface area contributed by atoms with Gasteiger partial charge >= 0.3 is 0 Å². The zero-order valence-electron chi connectivity index (χ0n) is 10.9. The van der Waals surface area contributed by atoms with Crippen LogP contribution in [0.3, 0.4) is 0 Å². The number of hydrogen-bond acceptors (Lipinski definition) is 2. The first-order valence-electron chi connectivity index (χ1n) is 5.96. The quantitative estimate of drug-likeness (QED) is 0.940. The molecule has 96 valence electrons. The first-order valence-corrected chi connectivity index (χ1v) is 6.75. The molecule has 0 spiro atoms. The molecule has 4 heteroatoms. The second-order valence-electron chi connectivity index (χ2n) is 5.01. The van der Waals surface area contributed by atoms with E-state index in [9.17, 15) is 0 Å². The SMILES string of the molecule is Cn1cc(CNC(C)(C)c2ccc(Br)cc2)cn1. The minimum absolute atomic E-state index is 0.0590. The fourth-order valence-corrected chi connectivity index (χ4v) is 2.12. The zero-order chi connectivity index (χ0) is 13.2. The molecular weight excluding hydrogens is 290 g/mol. The molecular formula is C14H18BrN3. The molecule has 0 aliphatic heterocycles. The largest absolute Gasteiger partial charge is 0.304 e. The van der Waals surface area contributed by atoms with Crippen LogP contribution in [0, 0.1) is 0 Å². The minimum atomic E-state index is -0.0590. The molecule has 1 aromatic carbocycles. The molecule has 0 saturated heterocycles. The Balaban J connectivity index is 2.04. The maximum Gasteiger partial charge on any atom is 0.0534 e. The van der Waals surface area contributed by atoms with E-state index in [1.165, 1.54) is 11.1 Å². The first-order chi connectivity index (χ1) is 8.47. The van der Waals surface area contributed by atoms with Crippen LogP contribution in [0.5, 0.6) is 0 Å². The van der Waals surface area contributed by atoms with E-state index in [0.717, 1.165) is 11.0 Å². The van der Waals surface area contributed by atoms with Gasteiger partial charge in [-0.3, -0.25) is 4.68 Å². The number of halogens is 1. The van der Waals surface area contributed by atoms with Crippen molar-refractivity contribution in [2.24, 2.45) is 7.05 Å². The Hall–Kier alpha value is -1.13. The Bertz CT molecular complexity index is 514. The summed E-state index contributed by atoms with van der Waals surface area (Å²) in [4.78, 5) is 0. The van der Waals surface area contributed by atoms with E-state index >= 15 is 0 Å². The summed E-state index contributed by atoms with van der Waals surface area (Å²) in [5.41, 5.74) is 2.41. The van der Waals surface area contributed by atoms with Crippen molar-refractivity contribution in [2.45, 2.75) is 25.9 Å². The highest BCUT2D eigenvalue weighted by Gasteiger charge is 2.19. The lowest BCUT2D eigenvalue weighted by Crippen LogP contribution is -2.35. The predicted molar refractivity (Wildman–Crippen MR) is 77.2 cm³/mol. The van der Waals surface area contributed by atoms with Crippen LogP contribution < -0.4 is 5.32 Å². The molecule has 0 amide bonds. The smallest absolute Gasteiger partial charge is 0.0534 e. The normalized spacial score (nSPS) is 11.8. The lowest BCUT2D eigenvalue weighted by atomic mass is 9.94. The Morgan fingerprint density at radius 2 is 1.94 bits per heavy atom. The van der Waals surface area contributed by atoms with E-state index in [0.29, 0.717) is 0 Å². The molecule has 0 radical (unpaired) electrons. The van der Waals surface area contributed by atoms with E-state index in [1.807, 2.05) is 24.1 Å². The maximum atomic E-state index is 4.17. The van der Waals surface area contributed by atoms with Crippen LogP contribution in [0.15, 0.2) is 41.1 Å². The van der Waals surface area contributed by atoms with E-state index in [-0.39, 0.29) is 5.54 Å². The zero-order valence-corrected chi connectivity index (χ0v) is 12.5. The van der Waals surface area contributed by atoms with Crippen molar-refractivity contribution in [3.05, 3.63) is 52.3 Å². The highest BCUT2D eigenvalue weighted by molar-refractivity contribution is 9.10. The van der Waals surface area contributed by atoms with Crippen LogP contribution in [-0.4, -0.2) is 9.78 Å². The number of nitrogens with zero attached hydrogens (tertiary/aromatic N) is 2. The van der Waals surface area contributed by atoms with Crippen molar-refractivity contribution in [3.63, 3.8) is 0 Å². The Labute approximate surface area is 116 Å². The summed E-state index contributed by atoms with van der Waals surface area (Å²) in [6, 6.07) is 8.42.